The van der Waals surface area contributed by atoms with Gasteiger partial charge in [-0.2, -0.15) is 11.8 Å². The molecule has 0 amide bonds. The van der Waals surface area contributed by atoms with Gasteiger partial charge in [0.25, 0.3) is 0 Å². The van der Waals surface area contributed by atoms with Crippen molar-refractivity contribution >= 4 is 11.8 Å². The molecule has 0 aliphatic rings. The zero-order chi connectivity index (χ0) is 10.1. The minimum atomic E-state index is 1.20. The summed E-state index contributed by atoms with van der Waals surface area (Å²) in [7, 11) is 6.48. The Morgan fingerprint density at radius 3 is 2.08 bits per heavy atom. The van der Waals surface area contributed by atoms with Crippen LogP contribution in [0, 0.1) is 0 Å². The predicted octanol–water partition coefficient (Wildman–Crippen LogP) is 1.62. The first-order valence-corrected chi connectivity index (χ1v) is 6.38. The molecule has 0 saturated heterocycles. The first-order chi connectivity index (χ1) is 6.16. The molecule has 0 heterocycles. The lowest BCUT2D eigenvalue weighted by Crippen LogP contribution is -2.24. The molecule has 0 radical (unpaired) electrons. The average Bonchev–Trinajstić information content (AvgIpc) is 2.04. The first-order valence-electron chi connectivity index (χ1n) is 4.99. The minimum Gasteiger partial charge on any atom is -0.309 e. The summed E-state index contributed by atoms with van der Waals surface area (Å²) >= 11 is 1.94. The third kappa shape index (κ3) is 10.2. The van der Waals surface area contributed by atoms with Crippen molar-refractivity contribution in [3.63, 3.8) is 0 Å². The van der Waals surface area contributed by atoms with Crippen LogP contribution in [0.25, 0.3) is 0 Å². The third-order valence-electron chi connectivity index (χ3n) is 2.03. The van der Waals surface area contributed by atoms with Gasteiger partial charge in [-0.25, -0.2) is 0 Å². The van der Waals surface area contributed by atoms with Crippen molar-refractivity contribution in [1.29, 1.82) is 0 Å². The lowest BCUT2D eigenvalue weighted by atomic mass is 10.3. The summed E-state index contributed by atoms with van der Waals surface area (Å²) in [5.41, 5.74) is 0. The number of rotatable bonds is 8. The molecule has 0 aliphatic heterocycles. The Bertz CT molecular complexity index is 107. The fraction of sp³-hybridized carbons (Fsp3) is 1.00. The second kappa shape index (κ2) is 8.85. The summed E-state index contributed by atoms with van der Waals surface area (Å²) in [6.45, 7) is 3.67. The van der Waals surface area contributed by atoms with E-state index in [0.29, 0.717) is 0 Å². The molecule has 0 spiro atoms. The van der Waals surface area contributed by atoms with Crippen LogP contribution in [0.5, 0.6) is 0 Å². The monoisotopic (exact) mass is 204 g/mol. The summed E-state index contributed by atoms with van der Waals surface area (Å²) in [4.78, 5) is 4.68. The van der Waals surface area contributed by atoms with Gasteiger partial charge in [0.2, 0.25) is 0 Å². The molecule has 0 aromatic rings. The van der Waals surface area contributed by atoms with E-state index in [9.17, 15) is 0 Å². The second-order valence-electron chi connectivity index (χ2n) is 3.81. The predicted molar refractivity (Wildman–Crippen MR) is 63.7 cm³/mol. The molecule has 0 saturated carbocycles. The molecule has 0 aromatic carbocycles. The highest BCUT2D eigenvalue weighted by Gasteiger charge is 1.97. The molecule has 0 bridgehead atoms. The Kier molecular flexibility index (Phi) is 9.03. The summed E-state index contributed by atoms with van der Waals surface area (Å²) in [5.74, 6) is 1.29. The number of hydrogen-bond acceptors (Lipinski definition) is 3. The fourth-order valence-corrected chi connectivity index (χ4v) is 1.67. The van der Waals surface area contributed by atoms with Crippen molar-refractivity contribution in [3.8, 4) is 0 Å². The van der Waals surface area contributed by atoms with Gasteiger partial charge >= 0.3 is 0 Å². The van der Waals surface area contributed by atoms with Crippen molar-refractivity contribution < 1.29 is 0 Å². The van der Waals surface area contributed by atoms with Gasteiger partial charge in [0, 0.05) is 0 Å². The van der Waals surface area contributed by atoms with Gasteiger partial charge < -0.3 is 9.80 Å². The molecule has 0 aliphatic carbocycles. The molecule has 0 N–H and O–H groups in total. The van der Waals surface area contributed by atoms with Crippen molar-refractivity contribution in [2.75, 3.05) is 52.8 Å². The van der Waals surface area contributed by atoms with Crippen molar-refractivity contribution in [3.05, 3.63) is 0 Å². The molecule has 0 aromatic heterocycles. The smallest absolute Gasteiger partial charge is 0.000960 e. The van der Waals surface area contributed by atoms with Crippen LogP contribution in [0.3, 0.4) is 0 Å². The van der Waals surface area contributed by atoms with Crippen LogP contribution in [0.1, 0.15) is 12.8 Å². The van der Waals surface area contributed by atoms with E-state index in [-0.39, 0.29) is 0 Å². The summed E-state index contributed by atoms with van der Waals surface area (Å²) in [6.07, 6.45) is 4.77. The second-order valence-corrected chi connectivity index (χ2v) is 4.79. The van der Waals surface area contributed by atoms with Crippen LogP contribution < -0.4 is 0 Å². The summed E-state index contributed by atoms with van der Waals surface area (Å²) < 4.78 is 0. The number of thioether (sulfide) groups is 1. The van der Waals surface area contributed by atoms with Crippen LogP contribution in [-0.4, -0.2) is 62.6 Å². The van der Waals surface area contributed by atoms with Gasteiger partial charge in [-0.1, -0.05) is 0 Å². The van der Waals surface area contributed by atoms with Gasteiger partial charge in [-0.05, 0) is 65.6 Å². The first kappa shape index (κ1) is 13.3. The highest BCUT2D eigenvalue weighted by molar-refractivity contribution is 7.98. The molecule has 2 nitrogen and oxygen atoms in total. The molecule has 0 unspecified atom stereocenters. The Hall–Kier alpha value is 0.270. The maximum absolute atomic E-state index is 2.43. The SMILES string of the molecule is CSCCCN(C)CCCN(C)C. The van der Waals surface area contributed by atoms with E-state index in [0.717, 1.165) is 0 Å². The molecule has 0 rings (SSSR count). The van der Waals surface area contributed by atoms with Crippen molar-refractivity contribution in [2.24, 2.45) is 0 Å². The van der Waals surface area contributed by atoms with E-state index in [1.807, 2.05) is 11.8 Å². The number of nitrogens with zero attached hydrogens (tertiary/aromatic N) is 2. The largest absolute Gasteiger partial charge is 0.309 e. The Morgan fingerprint density at radius 2 is 1.54 bits per heavy atom. The Labute approximate surface area is 87.7 Å². The zero-order valence-corrected chi connectivity index (χ0v) is 10.4. The van der Waals surface area contributed by atoms with Crippen LogP contribution >= 0.6 is 11.8 Å². The molecule has 0 atom stereocenters. The molecular formula is C10H24N2S. The van der Waals surface area contributed by atoms with Gasteiger partial charge in [-0.15, -0.1) is 0 Å². The summed E-state index contributed by atoms with van der Waals surface area (Å²) in [5, 5.41) is 0. The zero-order valence-electron chi connectivity index (χ0n) is 9.55. The molecule has 13 heavy (non-hydrogen) atoms. The lowest BCUT2D eigenvalue weighted by molar-refractivity contribution is 0.301. The van der Waals surface area contributed by atoms with Crippen LogP contribution in [0.15, 0.2) is 0 Å². The Balaban J connectivity index is 3.15. The average molecular weight is 204 g/mol. The lowest BCUT2D eigenvalue weighted by Gasteiger charge is -2.17. The van der Waals surface area contributed by atoms with Crippen LogP contribution in [-0.2, 0) is 0 Å². The van der Waals surface area contributed by atoms with E-state index in [1.165, 1.54) is 38.2 Å². The van der Waals surface area contributed by atoms with Crippen LogP contribution in [0.2, 0.25) is 0 Å². The molecule has 80 valence electrons. The van der Waals surface area contributed by atoms with E-state index in [1.54, 1.807) is 0 Å². The van der Waals surface area contributed by atoms with Gasteiger partial charge in [0.05, 0.1) is 0 Å². The minimum absolute atomic E-state index is 1.20. The standard InChI is InChI=1S/C10H24N2S/c1-11(2)7-5-8-12(3)9-6-10-13-4/h5-10H2,1-4H3. The molecule has 3 heteroatoms. The van der Waals surface area contributed by atoms with E-state index < -0.39 is 0 Å². The van der Waals surface area contributed by atoms with Crippen molar-refractivity contribution in [2.45, 2.75) is 12.8 Å². The third-order valence-corrected chi connectivity index (χ3v) is 2.73. The van der Waals surface area contributed by atoms with Gasteiger partial charge in [0.15, 0.2) is 0 Å². The maximum atomic E-state index is 2.43. The molecular weight excluding hydrogens is 180 g/mol. The normalized spacial score (nSPS) is 11.5. The number of hydrogen-bond donors (Lipinski definition) is 0. The highest BCUT2D eigenvalue weighted by Crippen LogP contribution is 1.97. The van der Waals surface area contributed by atoms with E-state index >= 15 is 0 Å². The summed E-state index contributed by atoms with van der Waals surface area (Å²) in [6, 6.07) is 0. The van der Waals surface area contributed by atoms with Crippen molar-refractivity contribution in [1.82, 2.24) is 9.80 Å². The van der Waals surface area contributed by atoms with Crippen LogP contribution in [0.4, 0.5) is 0 Å². The topological polar surface area (TPSA) is 6.48 Å². The fourth-order valence-electron chi connectivity index (χ4n) is 1.25. The maximum Gasteiger partial charge on any atom is -0.000960 e. The molecule has 0 fully saturated rings. The highest BCUT2D eigenvalue weighted by atomic mass is 32.2. The quantitative estimate of drug-likeness (QED) is 0.555. The van der Waals surface area contributed by atoms with Gasteiger partial charge in [0.1, 0.15) is 0 Å². The Morgan fingerprint density at radius 1 is 0.923 bits per heavy atom. The van der Waals surface area contributed by atoms with E-state index in [2.05, 4.69) is 37.2 Å². The van der Waals surface area contributed by atoms with E-state index in [4.69, 9.17) is 0 Å². The van der Waals surface area contributed by atoms with Gasteiger partial charge in [-0.3, -0.25) is 0 Å².